The van der Waals surface area contributed by atoms with Crippen LogP contribution in [0, 0.1) is 23.5 Å². The number of halogens is 4. The van der Waals surface area contributed by atoms with Gasteiger partial charge in [0, 0.05) is 6.54 Å². The lowest BCUT2D eigenvalue weighted by atomic mass is 10.1. The summed E-state index contributed by atoms with van der Waals surface area (Å²) in [6.45, 7) is 2.04. The van der Waals surface area contributed by atoms with E-state index in [9.17, 15) is 17.6 Å². The zero-order valence-electron chi connectivity index (χ0n) is 10.7. The molecule has 0 fully saturated rings. The van der Waals surface area contributed by atoms with E-state index in [4.69, 9.17) is 0 Å². The standard InChI is InChI=1S/C14H12F4N2/c1-2-8-3-5-9(6-4-8)7-19-12-10(15)13(17)20-14(18)11(12)16/h3-6H,2,7H2,1H3,(H,19,20). The molecule has 0 bridgehead atoms. The van der Waals surface area contributed by atoms with E-state index < -0.39 is 29.2 Å². The van der Waals surface area contributed by atoms with E-state index in [2.05, 4.69) is 10.3 Å². The molecule has 20 heavy (non-hydrogen) atoms. The van der Waals surface area contributed by atoms with Gasteiger partial charge in [-0.15, -0.1) is 0 Å². The number of anilines is 1. The second-order valence-electron chi connectivity index (χ2n) is 4.22. The third kappa shape index (κ3) is 2.89. The third-order valence-electron chi connectivity index (χ3n) is 2.90. The van der Waals surface area contributed by atoms with E-state index in [0.717, 1.165) is 17.5 Å². The van der Waals surface area contributed by atoms with Gasteiger partial charge < -0.3 is 5.32 Å². The SMILES string of the molecule is CCc1ccc(CNc2c(F)c(F)nc(F)c2F)cc1. The van der Waals surface area contributed by atoms with Crippen molar-refractivity contribution in [3.8, 4) is 0 Å². The van der Waals surface area contributed by atoms with Gasteiger partial charge in [0.15, 0.2) is 0 Å². The average molecular weight is 284 g/mol. The highest BCUT2D eigenvalue weighted by molar-refractivity contribution is 5.46. The molecule has 0 aliphatic heterocycles. The smallest absolute Gasteiger partial charge is 0.253 e. The van der Waals surface area contributed by atoms with Crippen LogP contribution in [0.5, 0.6) is 0 Å². The maximum Gasteiger partial charge on any atom is 0.253 e. The Kier molecular flexibility index (Phi) is 4.22. The maximum absolute atomic E-state index is 13.4. The average Bonchev–Trinajstić information content (AvgIpc) is 2.46. The summed E-state index contributed by atoms with van der Waals surface area (Å²) in [5.74, 6) is -6.41. The van der Waals surface area contributed by atoms with Gasteiger partial charge in [-0.25, -0.2) is 0 Å². The van der Waals surface area contributed by atoms with Crippen molar-refractivity contribution in [1.29, 1.82) is 0 Å². The molecule has 0 atom stereocenters. The van der Waals surface area contributed by atoms with Gasteiger partial charge in [-0.1, -0.05) is 31.2 Å². The number of hydrogen-bond acceptors (Lipinski definition) is 2. The van der Waals surface area contributed by atoms with Gasteiger partial charge in [0.25, 0.3) is 11.9 Å². The molecule has 0 radical (unpaired) electrons. The molecule has 1 heterocycles. The topological polar surface area (TPSA) is 24.9 Å². The van der Waals surface area contributed by atoms with Crippen LogP contribution in [-0.2, 0) is 13.0 Å². The number of hydrogen-bond donors (Lipinski definition) is 1. The molecule has 0 saturated carbocycles. The van der Waals surface area contributed by atoms with Crippen LogP contribution in [0.25, 0.3) is 0 Å². The first-order valence-electron chi connectivity index (χ1n) is 6.04. The Hall–Kier alpha value is -2.11. The number of pyridine rings is 1. The molecule has 2 rings (SSSR count). The summed E-state index contributed by atoms with van der Waals surface area (Å²) >= 11 is 0. The van der Waals surface area contributed by atoms with Crippen LogP contribution in [0.2, 0.25) is 0 Å². The minimum absolute atomic E-state index is 0.0424. The summed E-state index contributed by atoms with van der Waals surface area (Å²) in [7, 11) is 0. The predicted octanol–water partition coefficient (Wildman–Crippen LogP) is 3.81. The van der Waals surface area contributed by atoms with Crippen molar-refractivity contribution < 1.29 is 17.6 Å². The zero-order chi connectivity index (χ0) is 14.7. The second-order valence-corrected chi connectivity index (χ2v) is 4.22. The molecule has 6 heteroatoms. The van der Waals surface area contributed by atoms with E-state index in [1.807, 2.05) is 19.1 Å². The number of rotatable bonds is 4. The molecule has 0 saturated heterocycles. The van der Waals surface area contributed by atoms with Gasteiger partial charge in [-0.05, 0) is 17.5 Å². The summed E-state index contributed by atoms with van der Waals surface area (Å²) in [5, 5.41) is 2.35. The predicted molar refractivity (Wildman–Crippen MR) is 67.2 cm³/mol. The van der Waals surface area contributed by atoms with Crippen LogP contribution in [0.15, 0.2) is 24.3 Å². The number of aromatic nitrogens is 1. The van der Waals surface area contributed by atoms with E-state index in [1.165, 1.54) is 0 Å². The molecule has 2 aromatic rings. The third-order valence-corrected chi connectivity index (χ3v) is 2.90. The quantitative estimate of drug-likeness (QED) is 0.682. The monoisotopic (exact) mass is 284 g/mol. The van der Waals surface area contributed by atoms with Crippen molar-refractivity contribution in [2.24, 2.45) is 0 Å². The van der Waals surface area contributed by atoms with Crippen molar-refractivity contribution in [3.63, 3.8) is 0 Å². The molecule has 0 unspecified atom stereocenters. The van der Waals surface area contributed by atoms with Crippen molar-refractivity contribution in [2.75, 3.05) is 5.32 Å². The lowest BCUT2D eigenvalue weighted by Crippen LogP contribution is -2.09. The fourth-order valence-electron chi connectivity index (χ4n) is 1.73. The minimum Gasteiger partial charge on any atom is -0.376 e. The highest BCUT2D eigenvalue weighted by Gasteiger charge is 2.20. The van der Waals surface area contributed by atoms with Crippen LogP contribution < -0.4 is 5.32 Å². The van der Waals surface area contributed by atoms with Crippen LogP contribution in [0.1, 0.15) is 18.1 Å². The highest BCUT2D eigenvalue weighted by atomic mass is 19.2. The summed E-state index contributed by atoms with van der Waals surface area (Å²) < 4.78 is 52.5. The van der Waals surface area contributed by atoms with Crippen LogP contribution in [0.3, 0.4) is 0 Å². The van der Waals surface area contributed by atoms with Gasteiger partial charge in [-0.2, -0.15) is 22.5 Å². The number of aryl methyl sites for hydroxylation is 1. The minimum atomic E-state index is -1.67. The Morgan fingerprint density at radius 1 is 0.900 bits per heavy atom. The lowest BCUT2D eigenvalue weighted by Gasteiger charge is -2.09. The van der Waals surface area contributed by atoms with Gasteiger partial charge in [-0.3, -0.25) is 0 Å². The first kappa shape index (κ1) is 14.3. The largest absolute Gasteiger partial charge is 0.376 e. The molecule has 0 aliphatic rings. The number of nitrogens with one attached hydrogen (secondary N) is 1. The zero-order valence-corrected chi connectivity index (χ0v) is 10.7. The van der Waals surface area contributed by atoms with E-state index in [1.54, 1.807) is 12.1 Å². The fraction of sp³-hybridized carbons (Fsp3) is 0.214. The molecule has 1 aromatic heterocycles. The molecule has 2 nitrogen and oxygen atoms in total. The van der Waals surface area contributed by atoms with Crippen molar-refractivity contribution in [2.45, 2.75) is 19.9 Å². The van der Waals surface area contributed by atoms with Gasteiger partial charge in [0.1, 0.15) is 5.69 Å². The summed E-state index contributed by atoms with van der Waals surface area (Å²) in [5.41, 5.74) is 1.00. The molecule has 0 amide bonds. The van der Waals surface area contributed by atoms with Gasteiger partial charge >= 0.3 is 0 Å². The molecule has 0 spiro atoms. The number of nitrogens with zero attached hydrogens (tertiary/aromatic N) is 1. The molecule has 0 aliphatic carbocycles. The van der Waals surface area contributed by atoms with Crippen molar-refractivity contribution in [1.82, 2.24) is 4.98 Å². The van der Waals surface area contributed by atoms with Crippen LogP contribution in [-0.4, -0.2) is 4.98 Å². The Morgan fingerprint density at radius 3 is 1.90 bits per heavy atom. The van der Waals surface area contributed by atoms with E-state index in [0.29, 0.717) is 0 Å². The molecule has 106 valence electrons. The Morgan fingerprint density at radius 2 is 1.40 bits per heavy atom. The highest BCUT2D eigenvalue weighted by Crippen LogP contribution is 2.22. The summed E-state index contributed by atoms with van der Waals surface area (Å²) in [6.07, 6.45) is 0.873. The normalized spacial score (nSPS) is 10.7. The molecule has 1 aromatic carbocycles. The van der Waals surface area contributed by atoms with Gasteiger partial charge in [0.2, 0.25) is 11.6 Å². The van der Waals surface area contributed by atoms with Gasteiger partial charge in [0.05, 0.1) is 0 Å². The Balaban J connectivity index is 2.18. The second kappa shape index (κ2) is 5.90. The van der Waals surface area contributed by atoms with Crippen LogP contribution >= 0.6 is 0 Å². The number of benzene rings is 1. The summed E-state index contributed by atoms with van der Waals surface area (Å²) in [4.78, 5) is 2.49. The Bertz CT molecular complexity index is 585. The molecular formula is C14H12F4N2. The van der Waals surface area contributed by atoms with E-state index >= 15 is 0 Å². The summed E-state index contributed by atoms with van der Waals surface area (Å²) in [6, 6.07) is 7.29. The lowest BCUT2D eigenvalue weighted by molar-refractivity contribution is 0.410. The maximum atomic E-state index is 13.4. The fourth-order valence-corrected chi connectivity index (χ4v) is 1.73. The van der Waals surface area contributed by atoms with Crippen molar-refractivity contribution in [3.05, 3.63) is 58.9 Å². The Labute approximate surface area is 113 Å². The molecular weight excluding hydrogens is 272 g/mol. The molecule has 1 N–H and O–H groups in total. The first-order valence-corrected chi connectivity index (χ1v) is 6.04. The van der Waals surface area contributed by atoms with Crippen molar-refractivity contribution >= 4 is 5.69 Å². The van der Waals surface area contributed by atoms with E-state index in [-0.39, 0.29) is 6.54 Å². The first-order chi connectivity index (χ1) is 9.52. The van der Waals surface area contributed by atoms with Crippen LogP contribution in [0.4, 0.5) is 23.2 Å².